The highest BCUT2D eigenvalue weighted by molar-refractivity contribution is 5.30. The summed E-state index contributed by atoms with van der Waals surface area (Å²) in [5.41, 5.74) is 2.14. The van der Waals surface area contributed by atoms with Crippen LogP contribution in [-0.4, -0.2) is 17.3 Å². The van der Waals surface area contributed by atoms with Crippen LogP contribution >= 0.6 is 0 Å². The smallest absolute Gasteiger partial charge is 0.119 e. The van der Waals surface area contributed by atoms with Gasteiger partial charge in [-0.2, -0.15) is 10.2 Å². The zero-order valence-corrected chi connectivity index (χ0v) is 8.55. The van der Waals surface area contributed by atoms with Crippen molar-refractivity contribution in [3.8, 4) is 5.75 Å². The lowest BCUT2D eigenvalue weighted by Gasteiger charge is -2.03. The first kappa shape index (κ1) is 9.65. The molecule has 0 N–H and O–H groups in total. The summed E-state index contributed by atoms with van der Waals surface area (Å²) in [6, 6.07) is 11.8. The predicted molar refractivity (Wildman–Crippen MR) is 57.8 cm³/mol. The van der Waals surface area contributed by atoms with Crippen LogP contribution in [0.5, 0.6) is 5.75 Å². The quantitative estimate of drug-likeness (QED) is 0.760. The number of benzene rings is 1. The van der Waals surface area contributed by atoms with Crippen LogP contribution in [0.25, 0.3) is 0 Å². The molecule has 2 aromatic rings. The molecule has 0 saturated heterocycles. The van der Waals surface area contributed by atoms with E-state index in [4.69, 9.17) is 4.74 Å². The normalized spacial score (nSPS) is 9.93. The van der Waals surface area contributed by atoms with E-state index in [9.17, 15) is 0 Å². The highest BCUT2D eigenvalue weighted by Gasteiger charge is 1.98. The zero-order valence-electron chi connectivity index (χ0n) is 8.55. The maximum Gasteiger partial charge on any atom is 0.119 e. The van der Waals surface area contributed by atoms with Crippen LogP contribution in [0.4, 0.5) is 0 Å². The van der Waals surface area contributed by atoms with Gasteiger partial charge in [0.05, 0.1) is 12.8 Å². The van der Waals surface area contributed by atoms with Crippen LogP contribution in [-0.2, 0) is 6.42 Å². The summed E-state index contributed by atoms with van der Waals surface area (Å²) in [5, 5.41) is 7.88. The van der Waals surface area contributed by atoms with Gasteiger partial charge in [0, 0.05) is 12.6 Å². The van der Waals surface area contributed by atoms with Gasteiger partial charge in [-0.1, -0.05) is 12.1 Å². The molecule has 0 fully saturated rings. The average Bonchev–Trinajstić information content (AvgIpc) is 2.31. The Morgan fingerprint density at radius 3 is 2.87 bits per heavy atom. The SMILES string of the molecule is COc1cccc(Cc2cccnn2)c1. The average molecular weight is 200 g/mol. The maximum absolute atomic E-state index is 5.16. The van der Waals surface area contributed by atoms with Crippen molar-refractivity contribution in [1.29, 1.82) is 0 Å². The molecule has 0 aliphatic carbocycles. The first-order valence-electron chi connectivity index (χ1n) is 4.78. The first-order chi connectivity index (χ1) is 7.38. The Bertz CT molecular complexity index is 429. The highest BCUT2D eigenvalue weighted by Crippen LogP contribution is 2.14. The van der Waals surface area contributed by atoms with Crippen molar-refractivity contribution in [3.05, 3.63) is 53.9 Å². The Kier molecular flexibility index (Phi) is 2.93. The van der Waals surface area contributed by atoms with Crippen molar-refractivity contribution in [2.45, 2.75) is 6.42 Å². The van der Waals surface area contributed by atoms with Crippen LogP contribution in [0.1, 0.15) is 11.3 Å². The molecule has 3 heteroatoms. The van der Waals surface area contributed by atoms with Gasteiger partial charge < -0.3 is 4.74 Å². The lowest BCUT2D eigenvalue weighted by molar-refractivity contribution is 0.414. The minimum absolute atomic E-state index is 0.783. The molecular weight excluding hydrogens is 188 g/mol. The molecule has 0 unspecified atom stereocenters. The molecule has 1 heterocycles. The number of hydrogen-bond donors (Lipinski definition) is 0. The highest BCUT2D eigenvalue weighted by atomic mass is 16.5. The molecule has 0 bridgehead atoms. The topological polar surface area (TPSA) is 35.0 Å². The molecule has 1 aromatic heterocycles. The largest absolute Gasteiger partial charge is 0.497 e. The maximum atomic E-state index is 5.16. The summed E-state index contributed by atoms with van der Waals surface area (Å²) in [7, 11) is 1.67. The molecule has 0 spiro atoms. The summed E-state index contributed by atoms with van der Waals surface area (Å²) in [6.45, 7) is 0. The van der Waals surface area contributed by atoms with E-state index in [0.717, 1.165) is 17.9 Å². The second-order valence-electron chi connectivity index (χ2n) is 3.24. The Labute approximate surface area is 88.7 Å². The molecule has 3 nitrogen and oxygen atoms in total. The summed E-state index contributed by atoms with van der Waals surface area (Å²) in [5.74, 6) is 0.872. The van der Waals surface area contributed by atoms with Gasteiger partial charge in [0.15, 0.2) is 0 Å². The first-order valence-corrected chi connectivity index (χ1v) is 4.78. The van der Waals surface area contributed by atoms with Gasteiger partial charge in [0.25, 0.3) is 0 Å². The van der Waals surface area contributed by atoms with Gasteiger partial charge in [-0.25, -0.2) is 0 Å². The van der Waals surface area contributed by atoms with E-state index < -0.39 is 0 Å². The van der Waals surface area contributed by atoms with Gasteiger partial charge >= 0.3 is 0 Å². The number of rotatable bonds is 3. The second-order valence-corrected chi connectivity index (χ2v) is 3.24. The Morgan fingerprint density at radius 1 is 1.20 bits per heavy atom. The molecule has 0 amide bonds. The lowest BCUT2D eigenvalue weighted by Crippen LogP contribution is -1.93. The molecule has 0 radical (unpaired) electrons. The number of ether oxygens (including phenoxy) is 1. The third-order valence-corrected chi connectivity index (χ3v) is 2.15. The van der Waals surface area contributed by atoms with E-state index in [0.29, 0.717) is 0 Å². The number of methoxy groups -OCH3 is 1. The Hall–Kier alpha value is -1.90. The molecule has 1 aromatic carbocycles. The zero-order chi connectivity index (χ0) is 10.5. The van der Waals surface area contributed by atoms with Gasteiger partial charge in [-0.3, -0.25) is 0 Å². The van der Waals surface area contributed by atoms with Crippen molar-refractivity contribution in [1.82, 2.24) is 10.2 Å². The van der Waals surface area contributed by atoms with Crippen molar-refractivity contribution in [2.75, 3.05) is 7.11 Å². The molecule has 0 aliphatic heterocycles. The van der Waals surface area contributed by atoms with E-state index >= 15 is 0 Å². The van der Waals surface area contributed by atoms with Crippen LogP contribution < -0.4 is 4.74 Å². The molecule has 0 atom stereocenters. The fourth-order valence-corrected chi connectivity index (χ4v) is 1.42. The lowest BCUT2D eigenvalue weighted by atomic mass is 10.1. The standard InChI is InChI=1S/C12H12N2O/c1-15-12-6-2-4-10(9-12)8-11-5-3-7-13-14-11/h2-7,9H,8H2,1H3. The monoisotopic (exact) mass is 200 g/mol. The Balaban J connectivity index is 2.17. The van der Waals surface area contributed by atoms with Crippen molar-refractivity contribution in [3.63, 3.8) is 0 Å². The third kappa shape index (κ3) is 2.53. The summed E-state index contributed by atoms with van der Waals surface area (Å²) < 4.78 is 5.16. The second kappa shape index (κ2) is 4.55. The van der Waals surface area contributed by atoms with Crippen LogP contribution in [0.15, 0.2) is 42.6 Å². The van der Waals surface area contributed by atoms with Crippen LogP contribution in [0.2, 0.25) is 0 Å². The van der Waals surface area contributed by atoms with Gasteiger partial charge in [-0.05, 0) is 29.8 Å². The number of nitrogens with zero attached hydrogens (tertiary/aromatic N) is 2. The van der Waals surface area contributed by atoms with E-state index in [-0.39, 0.29) is 0 Å². The van der Waals surface area contributed by atoms with E-state index in [1.54, 1.807) is 13.3 Å². The van der Waals surface area contributed by atoms with Crippen LogP contribution in [0, 0.1) is 0 Å². The minimum atomic E-state index is 0.783. The van der Waals surface area contributed by atoms with Gasteiger partial charge in [-0.15, -0.1) is 0 Å². The molecule has 0 saturated carbocycles. The van der Waals surface area contributed by atoms with E-state index in [1.165, 1.54) is 5.56 Å². The summed E-state index contributed by atoms with van der Waals surface area (Å²) in [4.78, 5) is 0. The van der Waals surface area contributed by atoms with E-state index in [1.807, 2.05) is 30.3 Å². The van der Waals surface area contributed by atoms with E-state index in [2.05, 4.69) is 16.3 Å². The van der Waals surface area contributed by atoms with Crippen molar-refractivity contribution in [2.24, 2.45) is 0 Å². The summed E-state index contributed by atoms with van der Waals surface area (Å²) in [6.07, 6.45) is 2.46. The van der Waals surface area contributed by atoms with Gasteiger partial charge in [0.2, 0.25) is 0 Å². The minimum Gasteiger partial charge on any atom is -0.497 e. The van der Waals surface area contributed by atoms with Crippen molar-refractivity contribution >= 4 is 0 Å². The fourth-order valence-electron chi connectivity index (χ4n) is 1.42. The van der Waals surface area contributed by atoms with Gasteiger partial charge in [0.1, 0.15) is 5.75 Å². The summed E-state index contributed by atoms with van der Waals surface area (Å²) >= 11 is 0. The molecule has 15 heavy (non-hydrogen) atoms. The third-order valence-electron chi connectivity index (χ3n) is 2.15. The molecule has 76 valence electrons. The number of aromatic nitrogens is 2. The molecule has 0 aliphatic rings. The van der Waals surface area contributed by atoms with Crippen molar-refractivity contribution < 1.29 is 4.74 Å². The van der Waals surface area contributed by atoms with Crippen LogP contribution in [0.3, 0.4) is 0 Å². The number of hydrogen-bond acceptors (Lipinski definition) is 3. The predicted octanol–water partition coefficient (Wildman–Crippen LogP) is 2.08. The molecule has 2 rings (SSSR count). The fraction of sp³-hybridized carbons (Fsp3) is 0.167. The molecular formula is C12H12N2O. The Morgan fingerprint density at radius 2 is 2.13 bits per heavy atom.